The minimum absolute atomic E-state index is 0.389. The van der Waals surface area contributed by atoms with E-state index in [-0.39, 0.29) is 0 Å². The van der Waals surface area contributed by atoms with Gasteiger partial charge in [-0.1, -0.05) is 20.3 Å². The normalized spacial score (nSPS) is 13.5. The standard InChI is InChI=1S/C12H23N3/c1-6-7-9(4)11-12(13)15(8(2)3)10(5)14-11/h8-9H,6-7,13H2,1-5H3. The molecule has 0 saturated heterocycles. The van der Waals surface area contributed by atoms with E-state index in [1.54, 1.807) is 0 Å². The molecule has 0 fully saturated rings. The Kier molecular flexibility index (Phi) is 3.77. The molecule has 1 heterocycles. The maximum Gasteiger partial charge on any atom is 0.127 e. The highest BCUT2D eigenvalue weighted by Crippen LogP contribution is 2.28. The Morgan fingerprint density at radius 3 is 2.33 bits per heavy atom. The van der Waals surface area contributed by atoms with Crippen molar-refractivity contribution < 1.29 is 0 Å². The maximum atomic E-state index is 6.14. The second-order valence-corrected chi connectivity index (χ2v) is 4.58. The molecule has 3 nitrogen and oxygen atoms in total. The fourth-order valence-electron chi connectivity index (χ4n) is 2.17. The summed E-state index contributed by atoms with van der Waals surface area (Å²) in [5.41, 5.74) is 7.21. The van der Waals surface area contributed by atoms with Crippen LogP contribution in [-0.4, -0.2) is 9.55 Å². The van der Waals surface area contributed by atoms with Crippen molar-refractivity contribution in [2.75, 3.05) is 5.73 Å². The Hall–Kier alpha value is -0.990. The highest BCUT2D eigenvalue weighted by Gasteiger charge is 2.18. The fraction of sp³-hybridized carbons (Fsp3) is 0.750. The second-order valence-electron chi connectivity index (χ2n) is 4.58. The minimum atomic E-state index is 0.389. The lowest BCUT2D eigenvalue weighted by molar-refractivity contribution is 0.589. The van der Waals surface area contributed by atoms with Crippen molar-refractivity contribution in [3.05, 3.63) is 11.5 Å². The van der Waals surface area contributed by atoms with Crippen LogP contribution in [-0.2, 0) is 0 Å². The summed E-state index contributed by atoms with van der Waals surface area (Å²) in [6, 6.07) is 0.389. The van der Waals surface area contributed by atoms with Crippen molar-refractivity contribution in [1.29, 1.82) is 0 Å². The predicted octanol–water partition coefficient (Wildman–Crippen LogP) is 3.26. The molecule has 1 aromatic rings. The largest absolute Gasteiger partial charge is 0.384 e. The van der Waals surface area contributed by atoms with Crippen LogP contribution >= 0.6 is 0 Å². The molecule has 1 atom stereocenters. The molecule has 1 unspecified atom stereocenters. The van der Waals surface area contributed by atoms with Gasteiger partial charge in [0.1, 0.15) is 11.6 Å². The zero-order valence-electron chi connectivity index (χ0n) is 10.5. The molecule has 3 heteroatoms. The smallest absolute Gasteiger partial charge is 0.127 e. The number of nitrogens with two attached hydrogens (primary N) is 1. The quantitative estimate of drug-likeness (QED) is 0.827. The van der Waals surface area contributed by atoms with E-state index in [0.29, 0.717) is 12.0 Å². The second kappa shape index (κ2) is 4.69. The monoisotopic (exact) mass is 209 g/mol. The Morgan fingerprint density at radius 1 is 1.33 bits per heavy atom. The Bertz CT molecular complexity index is 326. The SMILES string of the molecule is CCCC(C)c1nc(C)n(C(C)C)c1N. The summed E-state index contributed by atoms with van der Waals surface area (Å²) in [5.74, 6) is 2.35. The summed E-state index contributed by atoms with van der Waals surface area (Å²) in [5, 5.41) is 0. The summed E-state index contributed by atoms with van der Waals surface area (Å²) < 4.78 is 2.11. The molecule has 0 aliphatic rings. The first-order chi connectivity index (χ1) is 6.99. The van der Waals surface area contributed by atoms with E-state index < -0.39 is 0 Å². The summed E-state index contributed by atoms with van der Waals surface area (Å²) in [7, 11) is 0. The van der Waals surface area contributed by atoms with E-state index >= 15 is 0 Å². The lowest BCUT2D eigenvalue weighted by Gasteiger charge is -2.13. The number of hydrogen-bond donors (Lipinski definition) is 1. The molecule has 15 heavy (non-hydrogen) atoms. The first-order valence-corrected chi connectivity index (χ1v) is 5.83. The topological polar surface area (TPSA) is 43.8 Å². The zero-order valence-corrected chi connectivity index (χ0v) is 10.5. The van der Waals surface area contributed by atoms with E-state index in [1.165, 1.54) is 6.42 Å². The van der Waals surface area contributed by atoms with Gasteiger partial charge in [-0.3, -0.25) is 0 Å². The number of nitrogen functional groups attached to an aromatic ring is 1. The van der Waals surface area contributed by atoms with E-state index in [1.807, 2.05) is 6.92 Å². The van der Waals surface area contributed by atoms with E-state index in [0.717, 1.165) is 23.8 Å². The van der Waals surface area contributed by atoms with Gasteiger partial charge < -0.3 is 10.3 Å². The Balaban J connectivity index is 3.06. The van der Waals surface area contributed by atoms with Gasteiger partial charge in [0.15, 0.2) is 0 Å². The van der Waals surface area contributed by atoms with Crippen molar-refractivity contribution in [1.82, 2.24) is 9.55 Å². The lowest BCUT2D eigenvalue weighted by atomic mass is 10.0. The molecular formula is C12H23N3. The van der Waals surface area contributed by atoms with Gasteiger partial charge in [-0.2, -0.15) is 0 Å². The van der Waals surface area contributed by atoms with Crippen molar-refractivity contribution in [2.45, 2.75) is 59.4 Å². The number of aromatic nitrogens is 2. The third-order valence-electron chi connectivity index (χ3n) is 2.86. The first-order valence-electron chi connectivity index (χ1n) is 5.83. The fourth-order valence-corrected chi connectivity index (χ4v) is 2.17. The van der Waals surface area contributed by atoms with E-state index in [2.05, 4.69) is 37.2 Å². The Labute approximate surface area is 92.7 Å². The predicted molar refractivity (Wildman–Crippen MR) is 65.1 cm³/mol. The third kappa shape index (κ3) is 2.33. The number of hydrogen-bond acceptors (Lipinski definition) is 2. The molecule has 0 saturated carbocycles. The molecule has 1 rings (SSSR count). The summed E-state index contributed by atoms with van der Waals surface area (Å²) in [6.45, 7) is 10.7. The van der Waals surface area contributed by atoms with Gasteiger partial charge in [0.2, 0.25) is 0 Å². The molecule has 0 bridgehead atoms. The molecule has 0 spiro atoms. The van der Waals surface area contributed by atoms with Gasteiger partial charge >= 0.3 is 0 Å². The van der Waals surface area contributed by atoms with E-state index in [4.69, 9.17) is 5.73 Å². The average Bonchev–Trinajstić information content (AvgIpc) is 2.42. The van der Waals surface area contributed by atoms with Gasteiger partial charge in [0.25, 0.3) is 0 Å². The molecule has 0 aliphatic heterocycles. The number of nitrogens with zero attached hydrogens (tertiary/aromatic N) is 2. The van der Waals surface area contributed by atoms with Crippen LogP contribution in [0.5, 0.6) is 0 Å². The molecule has 0 aromatic carbocycles. The van der Waals surface area contributed by atoms with Gasteiger partial charge in [-0.25, -0.2) is 4.98 Å². The summed E-state index contributed by atoms with van der Waals surface area (Å²) in [4.78, 5) is 4.59. The highest BCUT2D eigenvalue weighted by molar-refractivity contribution is 5.40. The van der Waals surface area contributed by atoms with Crippen LogP contribution in [0.2, 0.25) is 0 Å². The van der Waals surface area contributed by atoms with Crippen LogP contribution < -0.4 is 5.73 Å². The van der Waals surface area contributed by atoms with Gasteiger partial charge in [0.05, 0.1) is 5.69 Å². The number of aryl methyl sites for hydroxylation is 1. The van der Waals surface area contributed by atoms with Crippen LogP contribution in [0, 0.1) is 6.92 Å². The highest BCUT2D eigenvalue weighted by atomic mass is 15.2. The molecule has 0 amide bonds. The molecule has 0 aliphatic carbocycles. The van der Waals surface area contributed by atoms with Crippen LogP contribution in [0.1, 0.15) is 64.0 Å². The summed E-state index contributed by atoms with van der Waals surface area (Å²) in [6.07, 6.45) is 2.33. The lowest BCUT2D eigenvalue weighted by Crippen LogP contribution is -2.08. The van der Waals surface area contributed by atoms with Crippen LogP contribution in [0.25, 0.3) is 0 Å². The number of imidazole rings is 1. The van der Waals surface area contributed by atoms with E-state index in [9.17, 15) is 0 Å². The summed E-state index contributed by atoms with van der Waals surface area (Å²) >= 11 is 0. The minimum Gasteiger partial charge on any atom is -0.384 e. The van der Waals surface area contributed by atoms with Gasteiger partial charge in [0, 0.05) is 12.0 Å². The maximum absolute atomic E-state index is 6.14. The average molecular weight is 209 g/mol. The van der Waals surface area contributed by atoms with Crippen LogP contribution in [0.15, 0.2) is 0 Å². The first kappa shape index (κ1) is 12.1. The van der Waals surface area contributed by atoms with Crippen molar-refractivity contribution in [3.8, 4) is 0 Å². The van der Waals surface area contributed by atoms with Crippen molar-refractivity contribution >= 4 is 5.82 Å². The van der Waals surface area contributed by atoms with Crippen LogP contribution in [0.3, 0.4) is 0 Å². The number of anilines is 1. The van der Waals surface area contributed by atoms with Gasteiger partial charge in [-0.05, 0) is 27.2 Å². The number of rotatable bonds is 4. The Morgan fingerprint density at radius 2 is 1.93 bits per heavy atom. The third-order valence-corrected chi connectivity index (χ3v) is 2.86. The molecular weight excluding hydrogens is 186 g/mol. The van der Waals surface area contributed by atoms with Gasteiger partial charge in [-0.15, -0.1) is 0 Å². The zero-order chi connectivity index (χ0) is 11.6. The van der Waals surface area contributed by atoms with Crippen LogP contribution in [0.4, 0.5) is 5.82 Å². The molecule has 1 aromatic heterocycles. The molecule has 86 valence electrons. The van der Waals surface area contributed by atoms with Crippen molar-refractivity contribution in [2.24, 2.45) is 0 Å². The molecule has 0 radical (unpaired) electrons. The van der Waals surface area contributed by atoms with Crippen molar-refractivity contribution in [3.63, 3.8) is 0 Å². The molecule has 2 N–H and O–H groups in total.